The topological polar surface area (TPSA) is 49.8 Å². The van der Waals surface area contributed by atoms with Crippen LogP contribution in [0.3, 0.4) is 0 Å². The zero-order chi connectivity index (χ0) is 14.1. The van der Waals surface area contributed by atoms with E-state index in [1.807, 2.05) is 13.1 Å². The Balaban J connectivity index is 2.60. The van der Waals surface area contributed by atoms with Gasteiger partial charge in [0.1, 0.15) is 17.5 Å². The third kappa shape index (κ3) is 5.45. The molecule has 0 aliphatic carbocycles. The first-order chi connectivity index (χ1) is 9.23. The molecule has 1 heterocycles. The molecule has 1 atom stereocenters. The standard InChI is InChI=1S/C15H28N4/c1-5-8-9-12(6-2)11-17-15-10-14(16-4)18-13(7-3)19-15/h10,12H,5-9,11H2,1-4H3,(H2,16,17,18,19). The molecule has 1 aromatic heterocycles. The average Bonchev–Trinajstić information content (AvgIpc) is 2.47. The van der Waals surface area contributed by atoms with Gasteiger partial charge in [0, 0.05) is 26.1 Å². The number of nitrogens with zero attached hydrogens (tertiary/aromatic N) is 2. The normalized spacial score (nSPS) is 12.2. The van der Waals surface area contributed by atoms with E-state index >= 15 is 0 Å². The largest absolute Gasteiger partial charge is 0.373 e. The maximum absolute atomic E-state index is 4.52. The molecule has 0 saturated heterocycles. The summed E-state index contributed by atoms with van der Waals surface area (Å²) < 4.78 is 0. The van der Waals surface area contributed by atoms with E-state index in [-0.39, 0.29) is 0 Å². The minimum Gasteiger partial charge on any atom is -0.373 e. The summed E-state index contributed by atoms with van der Waals surface area (Å²) in [4.78, 5) is 8.93. The molecule has 19 heavy (non-hydrogen) atoms. The lowest BCUT2D eigenvalue weighted by molar-refractivity contribution is 0.472. The van der Waals surface area contributed by atoms with E-state index in [0.29, 0.717) is 0 Å². The second-order valence-corrected chi connectivity index (χ2v) is 4.96. The van der Waals surface area contributed by atoms with Gasteiger partial charge in [-0.1, -0.05) is 40.0 Å². The number of aromatic nitrogens is 2. The van der Waals surface area contributed by atoms with Gasteiger partial charge in [-0.15, -0.1) is 0 Å². The Labute approximate surface area is 117 Å². The van der Waals surface area contributed by atoms with Crippen molar-refractivity contribution in [2.75, 3.05) is 24.2 Å². The molecule has 4 heteroatoms. The SMILES string of the molecule is CCCCC(CC)CNc1cc(NC)nc(CC)n1. The monoisotopic (exact) mass is 264 g/mol. The third-order valence-electron chi connectivity index (χ3n) is 3.46. The van der Waals surface area contributed by atoms with E-state index in [2.05, 4.69) is 41.4 Å². The fraction of sp³-hybridized carbons (Fsp3) is 0.733. The predicted molar refractivity (Wildman–Crippen MR) is 82.8 cm³/mol. The number of unbranched alkanes of at least 4 members (excludes halogenated alkanes) is 1. The van der Waals surface area contributed by atoms with Gasteiger partial charge in [0.2, 0.25) is 0 Å². The van der Waals surface area contributed by atoms with Crippen LogP contribution in [0.5, 0.6) is 0 Å². The molecular formula is C15H28N4. The zero-order valence-electron chi connectivity index (χ0n) is 12.8. The van der Waals surface area contributed by atoms with E-state index < -0.39 is 0 Å². The Morgan fingerprint density at radius 3 is 2.47 bits per heavy atom. The van der Waals surface area contributed by atoms with Crippen LogP contribution in [-0.4, -0.2) is 23.6 Å². The van der Waals surface area contributed by atoms with Crippen molar-refractivity contribution in [2.45, 2.75) is 52.9 Å². The summed E-state index contributed by atoms with van der Waals surface area (Å²) in [5.41, 5.74) is 0. The smallest absolute Gasteiger partial charge is 0.132 e. The molecule has 0 spiro atoms. The molecular weight excluding hydrogens is 236 g/mol. The first-order valence-corrected chi connectivity index (χ1v) is 7.52. The first-order valence-electron chi connectivity index (χ1n) is 7.52. The van der Waals surface area contributed by atoms with Crippen molar-refractivity contribution in [2.24, 2.45) is 5.92 Å². The zero-order valence-corrected chi connectivity index (χ0v) is 12.8. The molecule has 0 aliphatic rings. The number of hydrogen-bond acceptors (Lipinski definition) is 4. The van der Waals surface area contributed by atoms with Gasteiger partial charge in [0.15, 0.2) is 0 Å². The van der Waals surface area contributed by atoms with Gasteiger partial charge in [0.05, 0.1) is 0 Å². The highest BCUT2D eigenvalue weighted by molar-refractivity contribution is 5.47. The van der Waals surface area contributed by atoms with Crippen molar-refractivity contribution in [3.05, 3.63) is 11.9 Å². The molecule has 1 unspecified atom stereocenters. The molecule has 0 aliphatic heterocycles. The minimum absolute atomic E-state index is 0.734. The first kappa shape index (κ1) is 15.7. The summed E-state index contributed by atoms with van der Waals surface area (Å²) in [5.74, 6) is 3.44. The Morgan fingerprint density at radius 2 is 1.89 bits per heavy atom. The number of nitrogens with one attached hydrogen (secondary N) is 2. The van der Waals surface area contributed by atoms with E-state index in [0.717, 1.165) is 36.3 Å². The van der Waals surface area contributed by atoms with Crippen LogP contribution in [0.1, 0.15) is 52.3 Å². The molecule has 0 amide bonds. The molecule has 4 nitrogen and oxygen atoms in total. The molecule has 1 rings (SSSR count). The van der Waals surface area contributed by atoms with E-state index in [1.165, 1.54) is 25.7 Å². The van der Waals surface area contributed by atoms with Crippen molar-refractivity contribution < 1.29 is 0 Å². The van der Waals surface area contributed by atoms with Crippen LogP contribution in [0.25, 0.3) is 0 Å². The Morgan fingerprint density at radius 1 is 1.16 bits per heavy atom. The van der Waals surface area contributed by atoms with Crippen molar-refractivity contribution in [1.82, 2.24) is 9.97 Å². The number of rotatable bonds is 9. The van der Waals surface area contributed by atoms with E-state index in [1.54, 1.807) is 0 Å². The quantitative estimate of drug-likeness (QED) is 0.714. The van der Waals surface area contributed by atoms with Gasteiger partial charge in [-0.25, -0.2) is 9.97 Å². The van der Waals surface area contributed by atoms with Crippen LogP contribution in [-0.2, 0) is 6.42 Å². The highest BCUT2D eigenvalue weighted by Gasteiger charge is 2.07. The van der Waals surface area contributed by atoms with Gasteiger partial charge in [-0.05, 0) is 12.3 Å². The van der Waals surface area contributed by atoms with Gasteiger partial charge in [-0.2, -0.15) is 0 Å². The molecule has 0 bridgehead atoms. The lowest BCUT2D eigenvalue weighted by Crippen LogP contribution is -2.15. The van der Waals surface area contributed by atoms with Crippen LogP contribution < -0.4 is 10.6 Å². The van der Waals surface area contributed by atoms with Crippen molar-refractivity contribution >= 4 is 11.6 Å². The second-order valence-electron chi connectivity index (χ2n) is 4.96. The Kier molecular flexibility index (Phi) is 7.23. The number of hydrogen-bond donors (Lipinski definition) is 2. The lowest BCUT2D eigenvalue weighted by Gasteiger charge is -2.16. The lowest BCUT2D eigenvalue weighted by atomic mass is 9.99. The molecule has 0 radical (unpaired) electrons. The molecule has 108 valence electrons. The van der Waals surface area contributed by atoms with Crippen LogP contribution in [0.2, 0.25) is 0 Å². The summed E-state index contributed by atoms with van der Waals surface area (Å²) >= 11 is 0. The van der Waals surface area contributed by atoms with Gasteiger partial charge in [-0.3, -0.25) is 0 Å². The number of aryl methyl sites for hydroxylation is 1. The maximum atomic E-state index is 4.52. The van der Waals surface area contributed by atoms with Gasteiger partial charge in [0.25, 0.3) is 0 Å². The fourth-order valence-corrected chi connectivity index (χ4v) is 2.07. The van der Waals surface area contributed by atoms with E-state index in [4.69, 9.17) is 0 Å². The number of anilines is 2. The summed E-state index contributed by atoms with van der Waals surface area (Å²) in [6.07, 6.45) is 5.96. The highest BCUT2D eigenvalue weighted by atomic mass is 15.1. The van der Waals surface area contributed by atoms with Crippen molar-refractivity contribution in [1.29, 1.82) is 0 Å². The van der Waals surface area contributed by atoms with Gasteiger partial charge >= 0.3 is 0 Å². The molecule has 0 saturated carbocycles. The second kappa shape index (κ2) is 8.73. The van der Waals surface area contributed by atoms with Crippen LogP contribution in [0.4, 0.5) is 11.6 Å². The summed E-state index contributed by atoms with van der Waals surface area (Å²) in [5, 5.41) is 6.55. The van der Waals surface area contributed by atoms with Crippen molar-refractivity contribution in [3.8, 4) is 0 Å². The molecule has 2 N–H and O–H groups in total. The summed E-state index contributed by atoms with van der Waals surface area (Å²) in [6.45, 7) is 7.59. The highest BCUT2D eigenvalue weighted by Crippen LogP contribution is 2.15. The van der Waals surface area contributed by atoms with Crippen LogP contribution in [0.15, 0.2) is 6.07 Å². The molecule has 0 aromatic carbocycles. The summed E-state index contributed by atoms with van der Waals surface area (Å²) in [6, 6.07) is 1.98. The average molecular weight is 264 g/mol. The van der Waals surface area contributed by atoms with Crippen molar-refractivity contribution in [3.63, 3.8) is 0 Å². The van der Waals surface area contributed by atoms with Gasteiger partial charge < -0.3 is 10.6 Å². The third-order valence-corrected chi connectivity index (χ3v) is 3.46. The van der Waals surface area contributed by atoms with Crippen LogP contribution >= 0.6 is 0 Å². The van der Waals surface area contributed by atoms with E-state index in [9.17, 15) is 0 Å². The fourth-order valence-electron chi connectivity index (χ4n) is 2.07. The Bertz CT molecular complexity index is 343. The Hall–Kier alpha value is -1.32. The summed E-state index contributed by atoms with van der Waals surface area (Å²) in [7, 11) is 1.89. The minimum atomic E-state index is 0.734. The predicted octanol–water partition coefficient (Wildman–Crippen LogP) is 3.71. The molecule has 1 aromatic rings. The maximum Gasteiger partial charge on any atom is 0.132 e. The van der Waals surface area contributed by atoms with Crippen LogP contribution in [0, 0.1) is 5.92 Å². The molecule has 0 fully saturated rings.